The summed E-state index contributed by atoms with van der Waals surface area (Å²) in [5.74, 6) is -1.31. The number of sulfonamides is 1. The van der Waals surface area contributed by atoms with Gasteiger partial charge in [-0.25, -0.2) is 13.2 Å². The summed E-state index contributed by atoms with van der Waals surface area (Å²) in [6.07, 6.45) is -0.144. The van der Waals surface area contributed by atoms with E-state index < -0.39 is 38.5 Å². The predicted molar refractivity (Wildman–Crippen MR) is 84.7 cm³/mol. The van der Waals surface area contributed by atoms with Crippen LogP contribution in [0.3, 0.4) is 0 Å². The van der Waals surface area contributed by atoms with Crippen LogP contribution in [0.2, 0.25) is 0 Å². The highest BCUT2D eigenvalue weighted by Crippen LogP contribution is 2.18. The van der Waals surface area contributed by atoms with Crippen LogP contribution in [0.1, 0.15) is 16.8 Å². The lowest BCUT2D eigenvalue weighted by atomic mass is 10.2. The van der Waals surface area contributed by atoms with Gasteiger partial charge in [0.25, 0.3) is 10.1 Å². The van der Waals surface area contributed by atoms with Crippen LogP contribution in [0.15, 0.2) is 29.2 Å². The van der Waals surface area contributed by atoms with E-state index in [0.29, 0.717) is 0 Å². The maximum atomic E-state index is 12.6. The molecule has 0 spiro atoms. The predicted octanol–water partition coefficient (Wildman–Crippen LogP) is -0.266. The minimum Gasteiger partial charge on any atom is -0.465 e. The van der Waals surface area contributed by atoms with Crippen LogP contribution in [0.4, 0.5) is 0 Å². The van der Waals surface area contributed by atoms with Gasteiger partial charge in [0.2, 0.25) is 10.0 Å². The van der Waals surface area contributed by atoms with Gasteiger partial charge in [-0.05, 0) is 24.6 Å². The molecule has 1 rings (SSSR count). The van der Waals surface area contributed by atoms with Gasteiger partial charge in [0.15, 0.2) is 0 Å². The van der Waals surface area contributed by atoms with Gasteiger partial charge in [0.05, 0.1) is 29.9 Å². The fourth-order valence-corrected chi connectivity index (χ4v) is 3.95. The molecule has 0 radical (unpaired) electrons. The third-order valence-corrected chi connectivity index (χ3v) is 5.75. The molecule has 11 heteroatoms. The van der Waals surface area contributed by atoms with Crippen LogP contribution in [0.5, 0.6) is 0 Å². The Bertz CT molecular complexity index is 773. The van der Waals surface area contributed by atoms with Crippen LogP contribution in [0, 0.1) is 0 Å². The second-order valence-corrected chi connectivity index (χ2v) is 8.30. The van der Waals surface area contributed by atoms with E-state index in [2.05, 4.69) is 4.74 Å². The molecule has 136 valence electrons. The van der Waals surface area contributed by atoms with E-state index in [1.54, 1.807) is 0 Å². The number of carbonyl (C=O) groups is 1. The standard InChI is InChI=1S/C13H19NO8S2/c1-22-13(16)11-4-2-5-12(10-11)24(20,21)14(7-8-15)6-3-9-23(17,18)19/h2,4-5,10,15H,3,6-9H2,1H3,(H,17,18,19). The Balaban J connectivity index is 3.06. The lowest BCUT2D eigenvalue weighted by molar-refractivity contribution is 0.0600. The molecule has 0 aromatic heterocycles. The molecule has 0 aliphatic rings. The highest BCUT2D eigenvalue weighted by molar-refractivity contribution is 7.89. The van der Waals surface area contributed by atoms with Gasteiger partial charge in [0.1, 0.15) is 0 Å². The van der Waals surface area contributed by atoms with Gasteiger partial charge in [-0.1, -0.05) is 6.07 Å². The fourth-order valence-electron chi connectivity index (χ4n) is 1.94. The van der Waals surface area contributed by atoms with Crippen molar-refractivity contribution in [1.82, 2.24) is 4.31 Å². The summed E-state index contributed by atoms with van der Waals surface area (Å²) >= 11 is 0. The van der Waals surface area contributed by atoms with Crippen molar-refractivity contribution in [1.29, 1.82) is 0 Å². The average molecular weight is 381 g/mol. The quantitative estimate of drug-likeness (QED) is 0.440. The highest BCUT2D eigenvalue weighted by atomic mass is 32.2. The van der Waals surface area contributed by atoms with Crippen molar-refractivity contribution in [3.05, 3.63) is 29.8 Å². The Kier molecular flexibility index (Phi) is 7.29. The summed E-state index contributed by atoms with van der Waals surface area (Å²) < 4.78 is 60.8. The zero-order valence-electron chi connectivity index (χ0n) is 13.0. The number of benzene rings is 1. The number of hydrogen-bond donors (Lipinski definition) is 2. The van der Waals surface area contributed by atoms with Gasteiger partial charge >= 0.3 is 5.97 Å². The summed E-state index contributed by atoms with van der Waals surface area (Å²) in [5, 5.41) is 9.04. The molecule has 24 heavy (non-hydrogen) atoms. The number of aliphatic hydroxyl groups is 1. The monoisotopic (exact) mass is 381 g/mol. The fraction of sp³-hybridized carbons (Fsp3) is 0.462. The number of carbonyl (C=O) groups excluding carboxylic acids is 1. The van der Waals surface area contributed by atoms with E-state index >= 15 is 0 Å². The Morgan fingerprint density at radius 3 is 2.42 bits per heavy atom. The SMILES string of the molecule is COC(=O)c1cccc(S(=O)(=O)N(CCO)CCCS(=O)(=O)O)c1. The number of rotatable bonds is 9. The highest BCUT2D eigenvalue weighted by Gasteiger charge is 2.25. The summed E-state index contributed by atoms with van der Waals surface area (Å²) in [7, 11) is -7.10. The van der Waals surface area contributed by atoms with Crippen LogP contribution in [-0.2, 0) is 24.9 Å². The van der Waals surface area contributed by atoms with E-state index in [-0.39, 0.29) is 30.0 Å². The largest absolute Gasteiger partial charge is 0.465 e. The van der Waals surface area contributed by atoms with Crippen LogP contribution >= 0.6 is 0 Å². The third-order valence-electron chi connectivity index (χ3n) is 3.05. The third kappa shape index (κ3) is 5.83. The van der Waals surface area contributed by atoms with Crippen molar-refractivity contribution >= 4 is 26.1 Å². The van der Waals surface area contributed by atoms with Gasteiger partial charge in [-0.15, -0.1) is 0 Å². The van der Waals surface area contributed by atoms with E-state index in [9.17, 15) is 21.6 Å². The van der Waals surface area contributed by atoms with Gasteiger partial charge in [-0.2, -0.15) is 12.7 Å². The van der Waals surface area contributed by atoms with Crippen molar-refractivity contribution in [3.8, 4) is 0 Å². The van der Waals surface area contributed by atoms with E-state index in [0.717, 1.165) is 17.5 Å². The molecule has 0 atom stereocenters. The van der Waals surface area contributed by atoms with Crippen LogP contribution < -0.4 is 0 Å². The Morgan fingerprint density at radius 1 is 1.21 bits per heavy atom. The van der Waals surface area contributed by atoms with Crippen molar-refractivity contribution < 1.29 is 36.0 Å². The first-order chi connectivity index (χ1) is 11.1. The average Bonchev–Trinajstić information content (AvgIpc) is 2.52. The summed E-state index contributed by atoms with van der Waals surface area (Å²) in [4.78, 5) is 11.3. The number of esters is 1. The first-order valence-corrected chi connectivity index (χ1v) is 9.91. The molecule has 0 aliphatic carbocycles. The van der Waals surface area contributed by atoms with E-state index in [4.69, 9.17) is 9.66 Å². The number of hydrogen-bond acceptors (Lipinski definition) is 7. The molecule has 0 bridgehead atoms. The molecule has 9 nitrogen and oxygen atoms in total. The molecule has 2 N–H and O–H groups in total. The molecule has 0 heterocycles. The normalized spacial score (nSPS) is 12.3. The molecular formula is C13H19NO8S2. The maximum absolute atomic E-state index is 12.6. The lowest BCUT2D eigenvalue weighted by Gasteiger charge is -2.21. The van der Waals surface area contributed by atoms with Crippen molar-refractivity contribution in [2.75, 3.05) is 32.6 Å². The van der Waals surface area contributed by atoms with E-state index in [1.807, 2.05) is 0 Å². The maximum Gasteiger partial charge on any atom is 0.337 e. The van der Waals surface area contributed by atoms with Crippen LogP contribution in [0.25, 0.3) is 0 Å². The number of methoxy groups -OCH3 is 1. The number of nitrogens with zero attached hydrogens (tertiary/aromatic N) is 1. The van der Waals surface area contributed by atoms with Crippen molar-refractivity contribution in [2.45, 2.75) is 11.3 Å². The van der Waals surface area contributed by atoms with Crippen LogP contribution in [-0.4, -0.2) is 69.3 Å². The van der Waals surface area contributed by atoms with Gasteiger partial charge in [0, 0.05) is 13.1 Å². The molecule has 0 saturated carbocycles. The summed E-state index contributed by atoms with van der Waals surface area (Å²) in [5.41, 5.74) is 0.0421. The second-order valence-electron chi connectivity index (χ2n) is 4.79. The Labute approximate surface area is 140 Å². The molecule has 0 aliphatic heterocycles. The molecule has 1 aromatic carbocycles. The number of ether oxygens (including phenoxy) is 1. The molecular weight excluding hydrogens is 362 g/mol. The molecule has 0 saturated heterocycles. The smallest absolute Gasteiger partial charge is 0.337 e. The molecule has 1 aromatic rings. The minimum absolute atomic E-state index is 0.0421. The van der Waals surface area contributed by atoms with Gasteiger partial charge in [-0.3, -0.25) is 4.55 Å². The topological polar surface area (TPSA) is 138 Å². The Morgan fingerprint density at radius 2 is 1.88 bits per heavy atom. The lowest BCUT2D eigenvalue weighted by Crippen LogP contribution is -2.35. The molecule has 0 amide bonds. The summed E-state index contributed by atoms with van der Waals surface area (Å²) in [6, 6.07) is 5.16. The minimum atomic E-state index is -4.21. The number of aliphatic hydroxyl groups excluding tert-OH is 1. The first-order valence-electron chi connectivity index (χ1n) is 6.86. The summed E-state index contributed by atoms with van der Waals surface area (Å²) in [6.45, 7) is -0.941. The van der Waals surface area contributed by atoms with Gasteiger partial charge < -0.3 is 9.84 Å². The Hall–Kier alpha value is -1.53. The van der Waals surface area contributed by atoms with Crippen molar-refractivity contribution in [2.24, 2.45) is 0 Å². The second kappa shape index (κ2) is 8.53. The molecule has 0 fully saturated rings. The first kappa shape index (κ1) is 20.5. The van der Waals surface area contributed by atoms with Crippen molar-refractivity contribution in [3.63, 3.8) is 0 Å². The molecule has 0 unspecified atom stereocenters. The zero-order chi connectivity index (χ0) is 18.4. The van der Waals surface area contributed by atoms with E-state index in [1.165, 1.54) is 18.2 Å². The zero-order valence-corrected chi connectivity index (χ0v) is 14.6.